The number of carbonyl (C=O) groups is 2. The second-order valence-electron chi connectivity index (χ2n) is 7.88. The van der Waals surface area contributed by atoms with Crippen LogP contribution in [0.15, 0.2) is 48.5 Å². The fraction of sp³-hybridized carbons (Fsp3) is 0.417. The number of nitrogens with zero attached hydrogens (tertiary/aromatic N) is 2. The molecule has 2 aromatic rings. The second-order valence-corrected chi connectivity index (χ2v) is 10.2. The Morgan fingerprint density at radius 3 is 2.30 bits per heavy atom. The number of amides is 2. The Labute approximate surface area is 201 Å². The van der Waals surface area contributed by atoms with E-state index in [1.807, 2.05) is 44.2 Å². The number of anilines is 1. The highest BCUT2D eigenvalue weighted by Crippen LogP contribution is 2.28. The molecule has 1 N–H and O–H groups in total. The lowest BCUT2D eigenvalue weighted by atomic mass is 10.1. The van der Waals surface area contributed by atoms with Crippen LogP contribution in [0.1, 0.15) is 37.8 Å². The van der Waals surface area contributed by atoms with Crippen molar-refractivity contribution in [1.82, 2.24) is 10.2 Å². The van der Waals surface area contributed by atoms with Crippen LogP contribution in [0.2, 0.25) is 5.02 Å². The largest absolute Gasteiger partial charge is 0.354 e. The van der Waals surface area contributed by atoms with E-state index in [0.717, 1.165) is 22.5 Å². The fourth-order valence-corrected chi connectivity index (χ4v) is 4.60. The number of hydrogen-bond donors (Lipinski definition) is 1. The van der Waals surface area contributed by atoms with Crippen molar-refractivity contribution in [3.05, 3.63) is 64.7 Å². The number of sulfonamides is 1. The van der Waals surface area contributed by atoms with Gasteiger partial charge in [0, 0.05) is 18.1 Å². The molecular weight excluding hydrogens is 462 g/mol. The van der Waals surface area contributed by atoms with Gasteiger partial charge in [-0.3, -0.25) is 13.9 Å². The Bertz CT molecular complexity index is 1060. The van der Waals surface area contributed by atoms with Gasteiger partial charge in [-0.15, -0.1) is 0 Å². The van der Waals surface area contributed by atoms with Crippen LogP contribution in [0.25, 0.3) is 0 Å². The van der Waals surface area contributed by atoms with E-state index in [2.05, 4.69) is 5.32 Å². The molecule has 0 radical (unpaired) electrons. The van der Waals surface area contributed by atoms with Crippen LogP contribution >= 0.6 is 11.6 Å². The highest BCUT2D eigenvalue weighted by molar-refractivity contribution is 7.92. The first-order valence-corrected chi connectivity index (χ1v) is 13.2. The molecule has 0 aliphatic heterocycles. The molecule has 1 atom stereocenters. The third-order valence-corrected chi connectivity index (χ3v) is 6.85. The highest BCUT2D eigenvalue weighted by atomic mass is 35.5. The maximum atomic E-state index is 13.6. The fourth-order valence-electron chi connectivity index (χ4n) is 3.53. The zero-order chi connectivity index (χ0) is 24.6. The van der Waals surface area contributed by atoms with Gasteiger partial charge < -0.3 is 10.2 Å². The summed E-state index contributed by atoms with van der Waals surface area (Å²) in [6.45, 7) is 5.73. The Balaban J connectivity index is 2.44. The summed E-state index contributed by atoms with van der Waals surface area (Å²) in [7, 11) is -3.80. The maximum Gasteiger partial charge on any atom is 0.244 e. The van der Waals surface area contributed by atoms with Crippen molar-refractivity contribution in [2.45, 2.75) is 46.2 Å². The number of nitrogens with one attached hydrogen (secondary N) is 1. The lowest BCUT2D eigenvalue weighted by Gasteiger charge is -2.33. The minimum atomic E-state index is -3.80. The molecule has 0 aliphatic rings. The van der Waals surface area contributed by atoms with Crippen LogP contribution < -0.4 is 9.62 Å². The minimum absolute atomic E-state index is 0.184. The zero-order valence-corrected chi connectivity index (χ0v) is 21.1. The van der Waals surface area contributed by atoms with Crippen molar-refractivity contribution in [2.75, 3.05) is 23.7 Å². The molecule has 2 aromatic carbocycles. The topological polar surface area (TPSA) is 86.8 Å². The molecular formula is C24H32ClN3O4S. The van der Waals surface area contributed by atoms with Gasteiger partial charge in [-0.05, 0) is 43.0 Å². The van der Waals surface area contributed by atoms with Gasteiger partial charge in [0.15, 0.2) is 0 Å². The smallest absolute Gasteiger partial charge is 0.244 e. The number of benzene rings is 2. The van der Waals surface area contributed by atoms with Crippen molar-refractivity contribution in [1.29, 1.82) is 0 Å². The molecule has 0 heterocycles. The zero-order valence-electron chi connectivity index (χ0n) is 19.5. The Morgan fingerprint density at radius 1 is 1.06 bits per heavy atom. The number of halogens is 1. The lowest BCUT2D eigenvalue weighted by Crippen LogP contribution is -2.52. The molecule has 2 amide bonds. The minimum Gasteiger partial charge on any atom is -0.354 e. The Hall–Kier alpha value is -2.58. The maximum absolute atomic E-state index is 13.6. The van der Waals surface area contributed by atoms with E-state index in [9.17, 15) is 18.0 Å². The summed E-state index contributed by atoms with van der Waals surface area (Å²) in [6, 6.07) is 13.5. The molecule has 0 saturated carbocycles. The van der Waals surface area contributed by atoms with Crippen molar-refractivity contribution in [3.63, 3.8) is 0 Å². The summed E-state index contributed by atoms with van der Waals surface area (Å²) in [5, 5.41) is 3.26. The molecule has 0 aliphatic carbocycles. The number of rotatable bonds is 11. The third-order valence-electron chi connectivity index (χ3n) is 5.32. The highest BCUT2D eigenvalue weighted by Gasteiger charge is 2.32. The molecule has 0 unspecified atom stereocenters. The van der Waals surface area contributed by atoms with E-state index in [0.29, 0.717) is 29.2 Å². The first-order chi connectivity index (χ1) is 15.6. The van der Waals surface area contributed by atoms with Crippen molar-refractivity contribution >= 4 is 39.1 Å². The molecule has 0 saturated heterocycles. The normalized spacial score (nSPS) is 12.2. The van der Waals surface area contributed by atoms with E-state index in [1.54, 1.807) is 25.1 Å². The summed E-state index contributed by atoms with van der Waals surface area (Å²) >= 11 is 6.21. The van der Waals surface area contributed by atoms with Gasteiger partial charge in [-0.1, -0.05) is 61.8 Å². The molecule has 33 heavy (non-hydrogen) atoms. The quantitative estimate of drug-likeness (QED) is 0.516. The average Bonchev–Trinajstić information content (AvgIpc) is 2.77. The molecule has 9 heteroatoms. The monoisotopic (exact) mass is 493 g/mol. The summed E-state index contributed by atoms with van der Waals surface area (Å²) in [4.78, 5) is 27.9. The predicted octanol–water partition coefficient (Wildman–Crippen LogP) is 3.75. The molecule has 0 bridgehead atoms. The molecule has 0 aromatic heterocycles. The van der Waals surface area contributed by atoms with Gasteiger partial charge in [0.2, 0.25) is 21.8 Å². The van der Waals surface area contributed by atoms with Crippen LogP contribution in [0, 0.1) is 6.92 Å². The first-order valence-electron chi connectivity index (χ1n) is 10.9. The molecule has 0 fully saturated rings. The van der Waals surface area contributed by atoms with Crippen LogP contribution in [0.3, 0.4) is 0 Å². The van der Waals surface area contributed by atoms with Crippen LogP contribution in [-0.4, -0.2) is 50.5 Å². The van der Waals surface area contributed by atoms with E-state index in [-0.39, 0.29) is 12.5 Å². The summed E-state index contributed by atoms with van der Waals surface area (Å²) in [5.74, 6) is -0.726. The number of hydrogen-bond acceptors (Lipinski definition) is 4. The average molecular weight is 494 g/mol. The van der Waals surface area contributed by atoms with Gasteiger partial charge in [0.05, 0.1) is 11.9 Å². The van der Waals surface area contributed by atoms with E-state index >= 15 is 0 Å². The lowest BCUT2D eigenvalue weighted by molar-refractivity contribution is -0.140. The predicted molar refractivity (Wildman–Crippen MR) is 133 cm³/mol. The van der Waals surface area contributed by atoms with Gasteiger partial charge in [0.25, 0.3) is 0 Å². The van der Waals surface area contributed by atoms with Gasteiger partial charge >= 0.3 is 0 Å². The van der Waals surface area contributed by atoms with Gasteiger partial charge in [0.1, 0.15) is 12.6 Å². The summed E-state index contributed by atoms with van der Waals surface area (Å²) in [5.41, 5.74) is 1.73. The van der Waals surface area contributed by atoms with Crippen LogP contribution in [-0.2, 0) is 26.2 Å². The van der Waals surface area contributed by atoms with Gasteiger partial charge in [-0.25, -0.2) is 8.42 Å². The van der Waals surface area contributed by atoms with Gasteiger partial charge in [-0.2, -0.15) is 0 Å². The van der Waals surface area contributed by atoms with Crippen molar-refractivity contribution in [2.24, 2.45) is 0 Å². The van der Waals surface area contributed by atoms with E-state index in [1.165, 1.54) is 4.90 Å². The summed E-state index contributed by atoms with van der Waals surface area (Å²) < 4.78 is 26.4. The van der Waals surface area contributed by atoms with Crippen molar-refractivity contribution in [3.8, 4) is 0 Å². The second kappa shape index (κ2) is 12.0. The Kier molecular flexibility index (Phi) is 9.73. The molecule has 2 rings (SSSR count). The molecule has 7 nitrogen and oxygen atoms in total. The van der Waals surface area contributed by atoms with Crippen molar-refractivity contribution < 1.29 is 18.0 Å². The molecule has 180 valence electrons. The summed E-state index contributed by atoms with van der Waals surface area (Å²) in [6.07, 6.45) is 2.21. The van der Waals surface area contributed by atoms with E-state index in [4.69, 9.17) is 11.6 Å². The van der Waals surface area contributed by atoms with E-state index < -0.39 is 28.5 Å². The third kappa shape index (κ3) is 7.20. The first kappa shape index (κ1) is 26.7. The van der Waals surface area contributed by atoms with Crippen LogP contribution in [0.4, 0.5) is 5.69 Å². The molecule has 0 spiro atoms. The Morgan fingerprint density at radius 2 is 1.73 bits per heavy atom. The SMILES string of the molecule is CCCNC(=O)[C@H](CC)N(Cc1ccccc1)C(=O)CN(c1cccc(Cl)c1C)S(C)(=O)=O. The standard InChI is InChI=1S/C24H32ClN3O4S/c1-5-15-26-24(30)21(6-2)27(16-19-11-8-7-9-12-19)23(29)17-28(33(4,31)32)22-14-10-13-20(25)18(22)3/h7-14,21H,5-6,15-17H2,1-4H3,(H,26,30)/t21-/m0/s1. The number of carbonyl (C=O) groups excluding carboxylic acids is 2. The van der Waals surface area contributed by atoms with Crippen LogP contribution in [0.5, 0.6) is 0 Å².